The number of aromatic nitrogens is 2. The fourth-order valence-corrected chi connectivity index (χ4v) is 4.11. The maximum absolute atomic E-state index is 13.7. The Balaban J connectivity index is 1.39. The standard InChI is InChI=1S/C28H28N4O3/c33-28-26-27(29-16-17-31(28)18-19-34-23-12-6-2-7-13-23)30-25(21-35-24-14-8-3-9-15-24)32(26)20-22-10-4-1-5-11-22/h1-15,29H,16-21H2. The minimum absolute atomic E-state index is 0.0592. The number of hydrogen-bond acceptors (Lipinski definition) is 5. The van der Waals surface area contributed by atoms with Gasteiger partial charge in [0, 0.05) is 19.6 Å². The molecule has 1 aliphatic heterocycles. The number of imidazole rings is 1. The number of hydrogen-bond donors (Lipinski definition) is 1. The van der Waals surface area contributed by atoms with Gasteiger partial charge in [0.05, 0.1) is 6.54 Å². The fourth-order valence-electron chi connectivity index (χ4n) is 4.11. The Morgan fingerprint density at radius 3 is 2.14 bits per heavy atom. The zero-order valence-corrected chi connectivity index (χ0v) is 19.5. The molecular formula is C28H28N4O3. The van der Waals surface area contributed by atoms with E-state index in [2.05, 4.69) is 5.32 Å². The van der Waals surface area contributed by atoms with Gasteiger partial charge in [-0.1, -0.05) is 66.7 Å². The smallest absolute Gasteiger partial charge is 0.274 e. The molecule has 5 rings (SSSR count). The first-order valence-electron chi connectivity index (χ1n) is 11.8. The number of benzene rings is 3. The van der Waals surface area contributed by atoms with Gasteiger partial charge in [-0.05, 0) is 29.8 Å². The third-order valence-electron chi connectivity index (χ3n) is 5.88. The number of ether oxygens (including phenoxy) is 2. The Hall–Kier alpha value is -4.26. The summed E-state index contributed by atoms with van der Waals surface area (Å²) in [4.78, 5) is 20.3. The quantitative estimate of drug-likeness (QED) is 0.393. The van der Waals surface area contributed by atoms with Crippen molar-refractivity contribution in [1.29, 1.82) is 0 Å². The van der Waals surface area contributed by atoms with E-state index in [9.17, 15) is 4.79 Å². The van der Waals surface area contributed by atoms with Gasteiger partial charge in [-0.2, -0.15) is 0 Å². The van der Waals surface area contributed by atoms with E-state index in [1.54, 1.807) is 0 Å². The van der Waals surface area contributed by atoms with Crippen molar-refractivity contribution in [3.05, 3.63) is 108 Å². The Morgan fingerprint density at radius 2 is 1.46 bits per heavy atom. The number of anilines is 1. The van der Waals surface area contributed by atoms with Gasteiger partial charge in [0.2, 0.25) is 0 Å². The second kappa shape index (κ2) is 10.8. The summed E-state index contributed by atoms with van der Waals surface area (Å²) in [7, 11) is 0. The van der Waals surface area contributed by atoms with Crippen LogP contribution in [0.2, 0.25) is 0 Å². The zero-order chi connectivity index (χ0) is 23.9. The highest BCUT2D eigenvalue weighted by Gasteiger charge is 2.29. The molecule has 7 heteroatoms. The zero-order valence-electron chi connectivity index (χ0n) is 19.5. The first-order valence-corrected chi connectivity index (χ1v) is 11.8. The predicted molar refractivity (Wildman–Crippen MR) is 135 cm³/mol. The van der Waals surface area contributed by atoms with Crippen molar-refractivity contribution in [3.8, 4) is 11.5 Å². The number of carbonyl (C=O) groups is 1. The van der Waals surface area contributed by atoms with Crippen molar-refractivity contribution in [2.24, 2.45) is 0 Å². The number of amides is 1. The number of fused-ring (bicyclic) bond motifs is 1. The van der Waals surface area contributed by atoms with E-state index in [0.29, 0.717) is 50.1 Å². The van der Waals surface area contributed by atoms with Gasteiger partial charge in [-0.25, -0.2) is 4.98 Å². The van der Waals surface area contributed by atoms with Crippen molar-refractivity contribution in [3.63, 3.8) is 0 Å². The molecule has 4 aromatic rings. The van der Waals surface area contributed by atoms with Crippen LogP contribution in [0.4, 0.5) is 5.82 Å². The summed E-state index contributed by atoms with van der Waals surface area (Å²) in [5.41, 5.74) is 1.64. The van der Waals surface area contributed by atoms with Gasteiger partial charge in [0.1, 0.15) is 30.5 Å². The number of nitrogens with zero attached hydrogens (tertiary/aromatic N) is 3. The molecular weight excluding hydrogens is 440 g/mol. The van der Waals surface area contributed by atoms with E-state index in [0.717, 1.165) is 17.1 Å². The lowest BCUT2D eigenvalue weighted by molar-refractivity contribution is 0.0732. The van der Waals surface area contributed by atoms with Crippen molar-refractivity contribution < 1.29 is 14.3 Å². The van der Waals surface area contributed by atoms with E-state index in [4.69, 9.17) is 14.5 Å². The second-order valence-corrected chi connectivity index (χ2v) is 8.28. The average molecular weight is 469 g/mol. The molecule has 35 heavy (non-hydrogen) atoms. The van der Waals surface area contributed by atoms with Gasteiger partial charge < -0.3 is 24.3 Å². The predicted octanol–water partition coefficient (Wildman–Crippen LogP) is 4.46. The van der Waals surface area contributed by atoms with Crippen LogP contribution in [0.1, 0.15) is 21.9 Å². The van der Waals surface area contributed by atoms with Gasteiger partial charge in [0.15, 0.2) is 11.5 Å². The van der Waals surface area contributed by atoms with Crippen molar-refractivity contribution in [2.45, 2.75) is 13.2 Å². The van der Waals surface area contributed by atoms with E-state index in [1.165, 1.54) is 0 Å². The van der Waals surface area contributed by atoms with Crippen LogP contribution in [-0.2, 0) is 13.2 Å². The molecule has 2 heterocycles. The number of carbonyl (C=O) groups excluding carboxylic acids is 1. The molecule has 178 valence electrons. The Labute approximate surface area is 204 Å². The van der Waals surface area contributed by atoms with E-state index in [-0.39, 0.29) is 12.5 Å². The highest BCUT2D eigenvalue weighted by atomic mass is 16.5. The summed E-state index contributed by atoms with van der Waals surface area (Å²) in [6, 6.07) is 29.4. The second-order valence-electron chi connectivity index (χ2n) is 8.28. The van der Waals surface area contributed by atoms with E-state index in [1.807, 2.05) is 100 Å². The molecule has 0 spiro atoms. The Morgan fingerprint density at radius 1 is 0.829 bits per heavy atom. The van der Waals surface area contributed by atoms with Gasteiger partial charge in [-0.15, -0.1) is 0 Å². The molecule has 0 saturated heterocycles. The molecule has 3 aromatic carbocycles. The van der Waals surface area contributed by atoms with Gasteiger partial charge >= 0.3 is 0 Å². The summed E-state index contributed by atoms with van der Waals surface area (Å²) in [6.45, 7) is 2.89. The van der Waals surface area contributed by atoms with Gasteiger partial charge in [-0.3, -0.25) is 4.79 Å². The Bertz CT molecular complexity index is 1240. The Kier molecular flexibility index (Phi) is 6.94. The summed E-state index contributed by atoms with van der Waals surface area (Å²) in [5.74, 6) is 2.80. The minimum Gasteiger partial charge on any atom is -0.492 e. The molecule has 1 N–H and O–H groups in total. The van der Waals surface area contributed by atoms with Crippen LogP contribution in [0.25, 0.3) is 0 Å². The van der Waals surface area contributed by atoms with Crippen LogP contribution in [0.15, 0.2) is 91.0 Å². The molecule has 1 aromatic heterocycles. The van der Waals surface area contributed by atoms with Crippen LogP contribution in [0, 0.1) is 0 Å². The summed E-state index contributed by atoms with van der Waals surface area (Å²) < 4.78 is 13.8. The first-order chi connectivity index (χ1) is 17.3. The monoisotopic (exact) mass is 468 g/mol. The van der Waals surface area contributed by atoms with Crippen LogP contribution in [-0.4, -0.2) is 46.6 Å². The molecule has 7 nitrogen and oxygen atoms in total. The molecule has 0 unspecified atom stereocenters. The largest absolute Gasteiger partial charge is 0.492 e. The highest BCUT2D eigenvalue weighted by Crippen LogP contribution is 2.24. The fraction of sp³-hybridized carbons (Fsp3) is 0.214. The molecule has 0 aliphatic carbocycles. The molecule has 0 bridgehead atoms. The van der Waals surface area contributed by atoms with Crippen LogP contribution < -0.4 is 14.8 Å². The van der Waals surface area contributed by atoms with Crippen LogP contribution in [0.3, 0.4) is 0 Å². The number of para-hydroxylation sites is 2. The topological polar surface area (TPSA) is 68.6 Å². The molecule has 0 atom stereocenters. The first kappa shape index (κ1) is 22.5. The van der Waals surface area contributed by atoms with E-state index < -0.39 is 0 Å². The maximum atomic E-state index is 13.7. The molecule has 0 radical (unpaired) electrons. The lowest BCUT2D eigenvalue weighted by Gasteiger charge is -2.22. The highest BCUT2D eigenvalue weighted by molar-refractivity contribution is 5.98. The van der Waals surface area contributed by atoms with Crippen molar-refractivity contribution >= 4 is 11.7 Å². The van der Waals surface area contributed by atoms with E-state index >= 15 is 0 Å². The van der Waals surface area contributed by atoms with Crippen molar-refractivity contribution in [1.82, 2.24) is 14.5 Å². The maximum Gasteiger partial charge on any atom is 0.274 e. The molecule has 0 fully saturated rings. The third-order valence-corrected chi connectivity index (χ3v) is 5.88. The molecule has 1 aliphatic rings. The SMILES string of the molecule is O=C1c2c(nc(COc3ccccc3)n2Cc2ccccc2)NCCN1CCOc1ccccc1. The van der Waals surface area contributed by atoms with Gasteiger partial charge in [0.25, 0.3) is 5.91 Å². The number of rotatable bonds is 9. The summed E-state index contributed by atoms with van der Waals surface area (Å²) >= 11 is 0. The lowest BCUT2D eigenvalue weighted by Crippen LogP contribution is -2.37. The minimum atomic E-state index is -0.0592. The molecule has 0 saturated carbocycles. The van der Waals surface area contributed by atoms with Crippen LogP contribution in [0.5, 0.6) is 11.5 Å². The summed E-state index contributed by atoms with van der Waals surface area (Å²) in [5, 5.41) is 3.35. The lowest BCUT2D eigenvalue weighted by atomic mass is 10.2. The van der Waals surface area contributed by atoms with Crippen molar-refractivity contribution in [2.75, 3.05) is 31.6 Å². The summed E-state index contributed by atoms with van der Waals surface area (Å²) in [6.07, 6.45) is 0. The normalized spacial score (nSPS) is 13.0. The molecule has 1 amide bonds. The van der Waals surface area contributed by atoms with Crippen LogP contribution >= 0.6 is 0 Å². The average Bonchev–Trinajstić information content (AvgIpc) is 3.16. The third kappa shape index (κ3) is 5.46. The number of nitrogens with one attached hydrogen (secondary N) is 1.